The van der Waals surface area contributed by atoms with Crippen molar-refractivity contribution in [2.24, 2.45) is 5.16 Å². The summed E-state index contributed by atoms with van der Waals surface area (Å²) in [6.07, 6.45) is 2.69. The summed E-state index contributed by atoms with van der Waals surface area (Å²) in [5.41, 5.74) is 2.83. The summed E-state index contributed by atoms with van der Waals surface area (Å²) in [6, 6.07) is 4.72. The van der Waals surface area contributed by atoms with Gasteiger partial charge in [-0.05, 0) is 49.4 Å². The number of amides is 1. The Morgan fingerprint density at radius 3 is 3.10 bits per heavy atom. The predicted octanol–water partition coefficient (Wildman–Crippen LogP) is 2.48. The SMILES string of the molecule is CC1=NOC(C(=O)N[C@@H]2CCCc3cc(F)ccc32)C1. The van der Waals surface area contributed by atoms with Crippen molar-refractivity contribution < 1.29 is 14.0 Å². The monoisotopic (exact) mass is 276 g/mol. The molecule has 0 aromatic heterocycles. The molecule has 0 saturated heterocycles. The van der Waals surface area contributed by atoms with Gasteiger partial charge in [-0.15, -0.1) is 0 Å². The highest BCUT2D eigenvalue weighted by Crippen LogP contribution is 2.30. The van der Waals surface area contributed by atoms with E-state index in [0.29, 0.717) is 6.42 Å². The molecule has 1 aromatic carbocycles. The molecule has 0 fully saturated rings. The Labute approximate surface area is 117 Å². The number of oxime groups is 1. The average Bonchev–Trinajstić information content (AvgIpc) is 2.85. The molecule has 3 rings (SSSR count). The fourth-order valence-corrected chi connectivity index (χ4v) is 2.83. The van der Waals surface area contributed by atoms with E-state index in [9.17, 15) is 9.18 Å². The third-order valence-electron chi connectivity index (χ3n) is 3.84. The molecule has 1 aliphatic heterocycles. The number of carbonyl (C=O) groups is 1. The zero-order valence-electron chi connectivity index (χ0n) is 11.4. The van der Waals surface area contributed by atoms with E-state index >= 15 is 0 Å². The number of rotatable bonds is 2. The summed E-state index contributed by atoms with van der Waals surface area (Å²) >= 11 is 0. The number of hydrogen-bond donors (Lipinski definition) is 1. The number of benzene rings is 1. The van der Waals surface area contributed by atoms with Gasteiger partial charge in [-0.3, -0.25) is 4.79 Å². The van der Waals surface area contributed by atoms with Gasteiger partial charge >= 0.3 is 0 Å². The third-order valence-corrected chi connectivity index (χ3v) is 3.84. The molecule has 4 nitrogen and oxygen atoms in total. The van der Waals surface area contributed by atoms with Gasteiger partial charge in [-0.25, -0.2) is 4.39 Å². The Hall–Kier alpha value is -1.91. The van der Waals surface area contributed by atoms with Crippen molar-refractivity contribution in [2.45, 2.75) is 44.8 Å². The second-order valence-corrected chi connectivity index (χ2v) is 5.42. The van der Waals surface area contributed by atoms with Gasteiger partial charge in [0.25, 0.3) is 5.91 Å². The minimum absolute atomic E-state index is 0.0589. The highest BCUT2D eigenvalue weighted by molar-refractivity contribution is 5.91. The first-order valence-electron chi connectivity index (χ1n) is 6.91. The van der Waals surface area contributed by atoms with Crippen LogP contribution in [-0.4, -0.2) is 17.7 Å². The van der Waals surface area contributed by atoms with Gasteiger partial charge in [0, 0.05) is 6.42 Å². The number of aryl methyl sites for hydroxylation is 1. The van der Waals surface area contributed by atoms with Crippen LogP contribution in [0.15, 0.2) is 23.4 Å². The van der Waals surface area contributed by atoms with Gasteiger partial charge in [0.1, 0.15) is 5.82 Å². The van der Waals surface area contributed by atoms with E-state index in [1.165, 1.54) is 6.07 Å². The van der Waals surface area contributed by atoms with Crippen molar-refractivity contribution in [3.05, 3.63) is 35.1 Å². The molecule has 106 valence electrons. The zero-order valence-corrected chi connectivity index (χ0v) is 11.4. The lowest BCUT2D eigenvalue weighted by atomic mass is 9.87. The van der Waals surface area contributed by atoms with Gasteiger partial charge in [0.15, 0.2) is 0 Å². The van der Waals surface area contributed by atoms with E-state index in [1.807, 2.05) is 6.92 Å². The van der Waals surface area contributed by atoms with Crippen LogP contribution in [0.2, 0.25) is 0 Å². The summed E-state index contributed by atoms with van der Waals surface area (Å²) in [6.45, 7) is 1.84. The lowest BCUT2D eigenvalue weighted by molar-refractivity contribution is -0.132. The van der Waals surface area contributed by atoms with Crippen molar-refractivity contribution in [2.75, 3.05) is 0 Å². The van der Waals surface area contributed by atoms with Crippen LogP contribution in [0, 0.1) is 5.82 Å². The normalized spacial score (nSPS) is 24.6. The number of carbonyl (C=O) groups excluding carboxylic acids is 1. The highest BCUT2D eigenvalue weighted by Gasteiger charge is 2.29. The smallest absolute Gasteiger partial charge is 0.264 e. The maximum atomic E-state index is 13.3. The average molecular weight is 276 g/mol. The molecule has 1 aliphatic carbocycles. The molecule has 2 aliphatic rings. The number of nitrogens with one attached hydrogen (secondary N) is 1. The fraction of sp³-hybridized carbons (Fsp3) is 0.467. The van der Waals surface area contributed by atoms with Crippen LogP contribution in [0.3, 0.4) is 0 Å². The lowest BCUT2D eigenvalue weighted by Gasteiger charge is -2.27. The van der Waals surface area contributed by atoms with E-state index in [2.05, 4.69) is 10.5 Å². The molecule has 1 aromatic rings. The quantitative estimate of drug-likeness (QED) is 0.902. The van der Waals surface area contributed by atoms with E-state index < -0.39 is 6.10 Å². The van der Waals surface area contributed by atoms with Crippen molar-refractivity contribution in [3.8, 4) is 0 Å². The second-order valence-electron chi connectivity index (χ2n) is 5.42. The Kier molecular flexibility index (Phi) is 3.42. The minimum atomic E-state index is -0.527. The largest absolute Gasteiger partial charge is 0.382 e. The first-order valence-corrected chi connectivity index (χ1v) is 6.91. The number of nitrogens with zero attached hydrogens (tertiary/aromatic N) is 1. The summed E-state index contributed by atoms with van der Waals surface area (Å²) in [4.78, 5) is 17.2. The molecule has 0 bridgehead atoms. The van der Waals surface area contributed by atoms with E-state index in [1.54, 1.807) is 12.1 Å². The molecule has 1 unspecified atom stereocenters. The van der Waals surface area contributed by atoms with Crippen molar-refractivity contribution in [1.29, 1.82) is 0 Å². The molecule has 5 heteroatoms. The van der Waals surface area contributed by atoms with Crippen LogP contribution < -0.4 is 5.32 Å². The summed E-state index contributed by atoms with van der Waals surface area (Å²) in [7, 11) is 0. The molecular weight excluding hydrogens is 259 g/mol. The summed E-state index contributed by atoms with van der Waals surface area (Å²) in [5, 5.41) is 6.79. The van der Waals surface area contributed by atoms with E-state index in [4.69, 9.17) is 4.84 Å². The predicted molar refractivity (Wildman–Crippen MR) is 72.8 cm³/mol. The topological polar surface area (TPSA) is 50.7 Å². The highest BCUT2D eigenvalue weighted by atomic mass is 19.1. The van der Waals surface area contributed by atoms with Crippen LogP contribution >= 0.6 is 0 Å². The first-order chi connectivity index (χ1) is 9.63. The number of fused-ring (bicyclic) bond motifs is 1. The molecule has 0 radical (unpaired) electrons. The zero-order chi connectivity index (χ0) is 14.1. The van der Waals surface area contributed by atoms with Crippen molar-refractivity contribution >= 4 is 11.6 Å². The van der Waals surface area contributed by atoms with Crippen LogP contribution in [0.1, 0.15) is 43.4 Å². The number of hydrogen-bond acceptors (Lipinski definition) is 3. The molecule has 1 amide bonds. The summed E-state index contributed by atoms with van der Waals surface area (Å²) in [5.74, 6) is -0.369. The van der Waals surface area contributed by atoms with Gasteiger partial charge in [-0.2, -0.15) is 0 Å². The van der Waals surface area contributed by atoms with Gasteiger partial charge in [-0.1, -0.05) is 11.2 Å². The fourth-order valence-electron chi connectivity index (χ4n) is 2.83. The molecular formula is C15H17FN2O2. The van der Waals surface area contributed by atoms with E-state index in [0.717, 1.165) is 36.1 Å². The van der Waals surface area contributed by atoms with Gasteiger partial charge < -0.3 is 10.2 Å². The maximum Gasteiger partial charge on any atom is 0.264 e. The molecule has 0 spiro atoms. The van der Waals surface area contributed by atoms with Gasteiger partial charge in [0.05, 0.1) is 11.8 Å². The first kappa shape index (κ1) is 13.1. The minimum Gasteiger partial charge on any atom is -0.382 e. The van der Waals surface area contributed by atoms with Crippen molar-refractivity contribution in [1.82, 2.24) is 5.32 Å². The van der Waals surface area contributed by atoms with E-state index in [-0.39, 0.29) is 17.8 Å². The number of halogens is 1. The lowest BCUT2D eigenvalue weighted by Crippen LogP contribution is -2.38. The van der Waals surface area contributed by atoms with Crippen LogP contribution in [0.5, 0.6) is 0 Å². The van der Waals surface area contributed by atoms with Crippen molar-refractivity contribution in [3.63, 3.8) is 0 Å². The second kappa shape index (κ2) is 5.23. The summed E-state index contributed by atoms with van der Waals surface area (Å²) < 4.78 is 13.3. The Bertz CT molecular complexity index is 571. The molecule has 20 heavy (non-hydrogen) atoms. The Morgan fingerprint density at radius 1 is 1.50 bits per heavy atom. The van der Waals surface area contributed by atoms with Crippen LogP contribution in [-0.2, 0) is 16.1 Å². The van der Waals surface area contributed by atoms with Gasteiger partial charge in [0.2, 0.25) is 6.10 Å². The van der Waals surface area contributed by atoms with Crippen LogP contribution in [0.4, 0.5) is 4.39 Å². The third kappa shape index (κ3) is 2.53. The van der Waals surface area contributed by atoms with Crippen LogP contribution in [0.25, 0.3) is 0 Å². The molecule has 1 N–H and O–H groups in total. The molecule has 1 heterocycles. The maximum absolute atomic E-state index is 13.3. The Balaban J connectivity index is 1.72. The molecule has 2 atom stereocenters. The Morgan fingerprint density at radius 2 is 2.35 bits per heavy atom. The standard InChI is InChI=1S/C15H17FN2O2/c1-9-7-14(20-18-9)15(19)17-13-4-2-3-10-8-11(16)5-6-12(10)13/h5-6,8,13-14H,2-4,7H2,1H3,(H,17,19)/t13-,14?/m1/s1. The molecule has 0 saturated carbocycles.